The van der Waals surface area contributed by atoms with Gasteiger partial charge in [-0.3, -0.25) is 67.1 Å². The molecule has 1 fully saturated rings. The van der Waals surface area contributed by atoms with E-state index in [1.165, 1.54) is 36.8 Å². The van der Waals surface area contributed by atoms with E-state index >= 15 is 0 Å². The Hall–Kier alpha value is -11.6. The van der Waals surface area contributed by atoms with Gasteiger partial charge in [0.15, 0.2) is 0 Å². The number of nitrogens with zero attached hydrogens (tertiary/aromatic N) is 2. The van der Waals surface area contributed by atoms with E-state index in [1.807, 2.05) is 5.32 Å². The maximum atomic E-state index is 14.8. The summed E-state index contributed by atoms with van der Waals surface area (Å²) in [6, 6.07) is 1.92. The Balaban J connectivity index is 1.05. The molecular weight excluding hydrogens is 1520 g/mol. The molecule has 1 saturated heterocycles. The van der Waals surface area contributed by atoms with Crippen LogP contribution in [0.15, 0.2) is 97.7 Å². The number of H-pyrrole nitrogens is 3. The van der Waals surface area contributed by atoms with E-state index in [1.54, 1.807) is 74.8 Å². The average Bonchev–Trinajstić information content (AvgIpc) is 1.66. The number of para-hydroxylation sites is 2. The number of carbonyl (C=O) groups is 15. The number of phenols is 1. The van der Waals surface area contributed by atoms with E-state index in [4.69, 9.17) is 22.3 Å². The number of aliphatic hydroxyl groups is 1. The molecule has 0 spiro atoms. The summed E-state index contributed by atoms with van der Waals surface area (Å²) in [7, 11) is 0. The lowest BCUT2D eigenvalue weighted by molar-refractivity contribution is -0.148. The Morgan fingerprint density at radius 1 is 0.570 bits per heavy atom. The number of imidazole rings is 1. The third-order valence-corrected chi connectivity index (χ3v) is 19.6. The highest BCUT2D eigenvalue weighted by molar-refractivity contribution is 7.80. The second-order valence-electron chi connectivity index (χ2n) is 27.9. The van der Waals surface area contributed by atoms with Crippen molar-refractivity contribution in [3.05, 3.63) is 120 Å². The molecule has 38 nitrogen and oxygen atoms in total. The first-order valence-electron chi connectivity index (χ1n) is 36.8. The SMILES string of the molecule is CC(C)[C@H](NC(=O)CNC(=O)[C@H](Cc1c[nH]c2ccccc12)NC(=O)[C@H](CCCCN)NC(=O)[C@H](CCC(N)=O)NC(=O)[C@H](CS)NC(=O)[C@H](Cc1c[nH]c2ccccc12)NC(=O)[C@H](Cc1ccc(O)cc1)NC(=O)[C@@H](N)Cc1cnc[nH]1)C(=O)N[C@@H](CS)C(=O)N1CCC[C@H]1C(=O)N[C@H](C(=O)N[C@@H](CC(=O)O)C(=O)O)[C@@H](C)O. The molecule has 3 aromatic carbocycles. The van der Waals surface area contributed by atoms with E-state index in [0.29, 0.717) is 50.6 Å². The van der Waals surface area contributed by atoms with Crippen molar-refractivity contribution in [2.24, 2.45) is 23.1 Å². The fraction of sp³-hybridized carbons (Fsp3) is 0.459. The minimum atomic E-state index is -1.92. The number of primary amides is 1. The predicted molar refractivity (Wildman–Crippen MR) is 419 cm³/mol. The van der Waals surface area contributed by atoms with Crippen LogP contribution >= 0.6 is 25.3 Å². The molecule has 1 aliphatic rings. The zero-order valence-corrected chi connectivity index (χ0v) is 64.6. The summed E-state index contributed by atoms with van der Waals surface area (Å²) in [5.41, 5.74) is 21.2. The molecule has 616 valence electrons. The van der Waals surface area contributed by atoms with Crippen LogP contribution in [0.2, 0.25) is 0 Å². The van der Waals surface area contributed by atoms with Gasteiger partial charge in [0, 0.05) is 96.2 Å². The van der Waals surface area contributed by atoms with Crippen molar-refractivity contribution in [2.75, 3.05) is 31.1 Å². The number of phenolic OH excluding ortho intramolecular Hbond substituents is 1. The van der Waals surface area contributed by atoms with Crippen molar-refractivity contribution in [3.8, 4) is 5.75 Å². The molecule has 1 aliphatic heterocycles. The van der Waals surface area contributed by atoms with Gasteiger partial charge >= 0.3 is 11.9 Å². The number of aliphatic carboxylic acids is 2. The third kappa shape index (κ3) is 26.2. The summed E-state index contributed by atoms with van der Waals surface area (Å²) >= 11 is 8.67. The number of amides is 13. The summed E-state index contributed by atoms with van der Waals surface area (Å²) < 4.78 is 0. The third-order valence-electron chi connectivity index (χ3n) is 18.9. The van der Waals surface area contributed by atoms with E-state index in [-0.39, 0.29) is 76.0 Å². The molecule has 6 aromatic rings. The number of nitrogens with two attached hydrogens (primary N) is 3. The Morgan fingerprint density at radius 3 is 1.61 bits per heavy atom. The molecular formula is C74H99N19O19S2. The van der Waals surface area contributed by atoms with Crippen LogP contribution < -0.4 is 75.7 Å². The monoisotopic (exact) mass is 1620 g/mol. The normalized spacial score (nSPS) is 15.8. The molecule has 0 bridgehead atoms. The maximum absolute atomic E-state index is 14.8. The number of thiol groups is 2. The van der Waals surface area contributed by atoms with E-state index < -0.39 is 205 Å². The van der Waals surface area contributed by atoms with Gasteiger partial charge in [-0.05, 0) is 98.9 Å². The Morgan fingerprint density at radius 2 is 1.08 bits per heavy atom. The van der Waals surface area contributed by atoms with Gasteiger partial charge in [-0.1, -0.05) is 62.4 Å². The number of rotatable bonds is 45. The van der Waals surface area contributed by atoms with Gasteiger partial charge in [-0.25, -0.2) is 9.78 Å². The molecule has 0 aliphatic carbocycles. The molecule has 24 N–H and O–H groups in total. The van der Waals surface area contributed by atoms with E-state index in [2.05, 4.69) is 98.4 Å². The van der Waals surface area contributed by atoms with Crippen LogP contribution in [0.4, 0.5) is 0 Å². The molecule has 7 rings (SSSR count). The van der Waals surface area contributed by atoms with E-state index in [9.17, 15) is 87.2 Å². The number of benzene rings is 3. The number of likely N-dealkylation sites (tertiary alicyclic amines) is 1. The van der Waals surface area contributed by atoms with Gasteiger partial charge in [-0.2, -0.15) is 25.3 Å². The van der Waals surface area contributed by atoms with Crippen LogP contribution in [0.1, 0.15) is 94.5 Å². The molecule has 0 saturated carbocycles. The number of aliphatic hydroxyl groups excluding tert-OH is 1. The zero-order chi connectivity index (χ0) is 83.5. The Kier molecular flexibility index (Phi) is 34.1. The summed E-state index contributed by atoms with van der Waals surface area (Å²) in [6.45, 7) is 3.59. The minimum absolute atomic E-state index is 0.0167. The summed E-state index contributed by atoms with van der Waals surface area (Å²) in [5, 5.41) is 68.2. The predicted octanol–water partition coefficient (Wildman–Crippen LogP) is -3.52. The van der Waals surface area contributed by atoms with Crippen molar-refractivity contribution >= 4 is 136 Å². The number of aromatic amines is 3. The molecule has 40 heteroatoms. The highest BCUT2D eigenvalue weighted by Crippen LogP contribution is 2.24. The van der Waals surface area contributed by atoms with Crippen LogP contribution in [-0.4, -0.2) is 244 Å². The first-order valence-corrected chi connectivity index (χ1v) is 38.1. The number of fused-ring (bicyclic) bond motifs is 2. The number of aromatic nitrogens is 4. The number of hydrogen-bond acceptors (Lipinski definition) is 22. The smallest absolute Gasteiger partial charge is 0.326 e. The molecule has 0 radical (unpaired) electrons. The molecule has 13 atom stereocenters. The number of nitrogens with one attached hydrogen (secondary N) is 14. The second-order valence-corrected chi connectivity index (χ2v) is 28.6. The Bertz CT molecular complexity index is 4390. The number of carboxylic acids is 2. The van der Waals surface area contributed by atoms with Crippen molar-refractivity contribution in [1.29, 1.82) is 0 Å². The van der Waals surface area contributed by atoms with Gasteiger partial charge in [-0.15, -0.1) is 0 Å². The van der Waals surface area contributed by atoms with E-state index in [0.717, 1.165) is 11.8 Å². The largest absolute Gasteiger partial charge is 0.508 e. The standard InChI is InChI=1S/C74H99N19O19S2/c1-37(2)61(71(108)90-56(35-114)73(110)93-24-10-16-57(93)70(107)92-62(38(3)94)72(109)88-54(74(111)112)29-60(98)99)91-59(97)33-81-64(101)52(26-40-30-79-47-13-6-4-11-44(40)47)86-65(102)49(15-8-9-23-75)83-66(103)50(21-22-58(77)96)84-69(106)55(34-113)89-68(105)53(27-41-31-80-48-14-7-5-12-45(41)48)87-67(104)51(25-39-17-19-43(95)20-18-39)85-63(100)46(76)28-42-32-78-36-82-42/h4-7,11-14,17-20,30-32,36-38,46,49-57,61-62,79-80,94-95,113-114H,8-10,15-16,21-29,33-35,75-76H2,1-3H3,(H2,77,96)(H,78,82)(H,81,101)(H,83,103)(H,84,106)(H,85,100)(H,86,102)(H,87,104)(H,88,109)(H,89,105)(H,90,108)(H,91,97)(H,92,107)(H,98,99)(H,111,112)/t38-,46+,49+,50+,51+,52+,53+,54+,55+,56+,57+,61+,62+/m1/s1. The van der Waals surface area contributed by atoms with Crippen molar-refractivity contribution in [2.45, 2.75) is 176 Å². The van der Waals surface area contributed by atoms with Crippen LogP contribution in [0.3, 0.4) is 0 Å². The topological polar surface area (TPSA) is 611 Å². The molecule has 0 unspecified atom stereocenters. The fourth-order valence-electron chi connectivity index (χ4n) is 12.7. The maximum Gasteiger partial charge on any atom is 0.326 e. The second kappa shape index (κ2) is 43.4. The van der Waals surface area contributed by atoms with Crippen molar-refractivity contribution in [3.63, 3.8) is 0 Å². The van der Waals surface area contributed by atoms with Crippen LogP contribution in [0.25, 0.3) is 21.8 Å². The van der Waals surface area contributed by atoms with Crippen LogP contribution in [0, 0.1) is 5.92 Å². The number of unbranched alkanes of at least 4 members (excludes halogenated alkanes) is 1. The van der Waals surface area contributed by atoms with Gasteiger partial charge in [0.2, 0.25) is 76.8 Å². The number of carbonyl (C=O) groups excluding carboxylic acids is 13. The fourth-order valence-corrected chi connectivity index (χ4v) is 13.2. The number of aromatic hydroxyl groups is 1. The summed E-state index contributed by atoms with van der Waals surface area (Å²) in [5.74, 6) is -16.8. The summed E-state index contributed by atoms with van der Waals surface area (Å²) in [4.78, 5) is 220. The van der Waals surface area contributed by atoms with Crippen LogP contribution in [0.5, 0.6) is 5.75 Å². The minimum Gasteiger partial charge on any atom is -0.508 e. The van der Waals surface area contributed by atoms with Crippen molar-refractivity contribution in [1.82, 2.24) is 83.3 Å². The highest BCUT2D eigenvalue weighted by Gasteiger charge is 2.42. The Labute approximate surface area is 664 Å². The molecule has 3 aromatic heterocycles. The molecule has 13 amide bonds. The lowest BCUT2D eigenvalue weighted by atomic mass is 10.0. The average molecular weight is 1620 g/mol. The molecule has 4 heterocycles. The number of carboxylic acid groups (broad SMARTS) is 2. The zero-order valence-electron chi connectivity index (χ0n) is 62.8. The van der Waals surface area contributed by atoms with Gasteiger partial charge < -0.3 is 116 Å². The lowest BCUT2D eigenvalue weighted by Crippen LogP contribution is -2.61. The quantitative estimate of drug-likeness (QED) is 0.0130. The van der Waals surface area contributed by atoms with Crippen molar-refractivity contribution < 1.29 is 92.3 Å². The highest BCUT2D eigenvalue weighted by atomic mass is 32.1. The first kappa shape index (κ1) is 89.6. The first-order chi connectivity index (χ1) is 54.3. The summed E-state index contributed by atoms with van der Waals surface area (Å²) in [6.07, 6.45) is 2.74. The van der Waals surface area contributed by atoms with Crippen LogP contribution in [-0.2, 0) is 97.6 Å². The van der Waals surface area contributed by atoms with Gasteiger partial charge in [0.05, 0.1) is 31.4 Å². The molecule has 114 heavy (non-hydrogen) atoms. The lowest BCUT2D eigenvalue weighted by Gasteiger charge is -2.31. The van der Waals surface area contributed by atoms with Gasteiger partial charge in [0.1, 0.15) is 72.2 Å². The van der Waals surface area contributed by atoms with Gasteiger partial charge in [0.25, 0.3) is 0 Å². The number of hydrogen-bond donors (Lipinski definition) is 23.